The highest BCUT2D eigenvalue weighted by molar-refractivity contribution is 6.31. The number of anilines is 1. The number of aliphatic hydroxyl groups is 1. The summed E-state index contributed by atoms with van der Waals surface area (Å²) in [5.74, 6) is -0.222. The van der Waals surface area contributed by atoms with Gasteiger partial charge in [0.15, 0.2) is 0 Å². The van der Waals surface area contributed by atoms with E-state index in [2.05, 4.69) is 0 Å². The van der Waals surface area contributed by atoms with Gasteiger partial charge in [-0.1, -0.05) is 11.6 Å². The van der Waals surface area contributed by atoms with E-state index in [0.717, 1.165) is 25.3 Å². The van der Waals surface area contributed by atoms with Crippen molar-refractivity contribution in [2.75, 3.05) is 44.8 Å². The predicted molar refractivity (Wildman–Crippen MR) is 129 cm³/mol. The zero-order chi connectivity index (χ0) is 26.3. The number of halogens is 4. The molecule has 200 valence electrons. The fourth-order valence-electron chi connectivity index (χ4n) is 5.48. The molecule has 0 radical (unpaired) electrons. The number of amides is 2. The molecule has 1 saturated carbocycles. The summed E-state index contributed by atoms with van der Waals surface area (Å²) in [6.07, 6.45) is -1.48. The molecule has 0 bridgehead atoms. The number of ether oxygens (including phenoxy) is 1. The Balaban J connectivity index is 1.37. The van der Waals surface area contributed by atoms with Gasteiger partial charge in [-0.2, -0.15) is 13.2 Å². The number of carbonyl (C=O) groups is 2. The summed E-state index contributed by atoms with van der Waals surface area (Å²) in [5, 5.41) is 9.99. The minimum Gasteiger partial charge on any atom is -0.391 e. The predicted octanol–water partition coefficient (Wildman–Crippen LogP) is 3.56. The number of methoxy groups -OCH3 is 1. The van der Waals surface area contributed by atoms with E-state index in [9.17, 15) is 27.9 Å². The van der Waals surface area contributed by atoms with Crippen LogP contribution in [0.3, 0.4) is 0 Å². The lowest BCUT2D eigenvalue weighted by Gasteiger charge is -2.44. The number of hydrogen-bond donors (Lipinski definition) is 1. The summed E-state index contributed by atoms with van der Waals surface area (Å²) in [6.45, 7) is 3.73. The Hall–Kier alpha value is -2.04. The van der Waals surface area contributed by atoms with Gasteiger partial charge in [0.1, 0.15) is 6.04 Å². The smallest absolute Gasteiger partial charge is 0.391 e. The molecule has 3 fully saturated rings. The Morgan fingerprint density at radius 1 is 1.25 bits per heavy atom. The third-order valence-electron chi connectivity index (χ3n) is 8.00. The maximum Gasteiger partial charge on any atom is 0.417 e. The summed E-state index contributed by atoms with van der Waals surface area (Å²) in [5.41, 5.74) is -0.442. The van der Waals surface area contributed by atoms with Gasteiger partial charge in [-0.25, -0.2) is 0 Å². The van der Waals surface area contributed by atoms with E-state index in [1.807, 2.05) is 0 Å². The van der Waals surface area contributed by atoms with Crippen LogP contribution in [0.2, 0.25) is 5.02 Å². The van der Waals surface area contributed by atoms with Crippen molar-refractivity contribution in [3.05, 3.63) is 28.8 Å². The third-order valence-corrected chi connectivity index (χ3v) is 8.31. The molecule has 3 atom stereocenters. The Bertz CT molecular complexity index is 988. The van der Waals surface area contributed by atoms with Crippen LogP contribution in [-0.4, -0.2) is 84.8 Å². The van der Waals surface area contributed by atoms with Crippen molar-refractivity contribution in [3.8, 4) is 0 Å². The fourth-order valence-corrected chi connectivity index (χ4v) is 5.76. The zero-order valence-electron chi connectivity index (χ0n) is 20.6. The minimum atomic E-state index is -4.55. The molecule has 7 nitrogen and oxygen atoms in total. The van der Waals surface area contributed by atoms with Crippen LogP contribution in [0.4, 0.5) is 18.9 Å². The Morgan fingerprint density at radius 2 is 1.97 bits per heavy atom. The number of hydrogen-bond acceptors (Lipinski definition) is 5. The maximum atomic E-state index is 13.3. The van der Waals surface area contributed by atoms with Gasteiger partial charge in [-0.15, -0.1) is 0 Å². The Labute approximate surface area is 214 Å². The molecule has 3 aliphatic rings. The van der Waals surface area contributed by atoms with E-state index >= 15 is 0 Å². The minimum absolute atomic E-state index is 0.0227. The van der Waals surface area contributed by atoms with E-state index in [0.29, 0.717) is 38.3 Å². The fraction of sp³-hybridized carbons (Fsp3) is 0.680. The Kier molecular flexibility index (Phi) is 7.78. The second-order valence-corrected chi connectivity index (χ2v) is 10.6. The average Bonchev–Trinajstić information content (AvgIpc) is 3.60. The SMILES string of the molecule is COC[C@H](CCC(=O)N1CCC2(CC2)[C@H](O)C1)N1CCN(c2ccc(C(F)(F)F)c(Cl)c2)[C@@H](C)C1=O. The number of alkyl halides is 3. The quantitative estimate of drug-likeness (QED) is 0.582. The largest absolute Gasteiger partial charge is 0.417 e. The van der Waals surface area contributed by atoms with Gasteiger partial charge in [0.05, 0.1) is 29.3 Å². The first-order valence-corrected chi connectivity index (χ1v) is 12.7. The van der Waals surface area contributed by atoms with Crippen LogP contribution in [0.5, 0.6) is 0 Å². The average molecular weight is 532 g/mol. The van der Waals surface area contributed by atoms with Crippen molar-refractivity contribution in [2.45, 2.75) is 63.4 Å². The van der Waals surface area contributed by atoms with Crippen molar-refractivity contribution in [3.63, 3.8) is 0 Å². The summed E-state index contributed by atoms with van der Waals surface area (Å²) < 4.78 is 44.6. The van der Waals surface area contributed by atoms with Gasteiger partial charge < -0.3 is 24.5 Å². The number of piperidine rings is 1. The van der Waals surface area contributed by atoms with E-state index in [4.69, 9.17) is 16.3 Å². The van der Waals surface area contributed by atoms with Gasteiger partial charge in [0, 0.05) is 45.4 Å². The van der Waals surface area contributed by atoms with E-state index in [1.54, 1.807) is 28.7 Å². The molecule has 4 rings (SSSR count). The number of rotatable bonds is 7. The molecule has 2 aliphatic heterocycles. The van der Waals surface area contributed by atoms with Crippen LogP contribution >= 0.6 is 11.6 Å². The molecule has 1 N–H and O–H groups in total. The van der Waals surface area contributed by atoms with Gasteiger partial charge in [-0.05, 0) is 56.2 Å². The number of carbonyl (C=O) groups excluding carboxylic acids is 2. The summed E-state index contributed by atoms with van der Waals surface area (Å²) in [7, 11) is 1.54. The van der Waals surface area contributed by atoms with Crippen LogP contribution in [0, 0.1) is 5.41 Å². The lowest BCUT2D eigenvalue weighted by atomic mass is 9.90. The number of likely N-dealkylation sites (tertiary alicyclic amines) is 1. The molecule has 0 unspecified atom stereocenters. The number of benzene rings is 1. The monoisotopic (exact) mass is 531 g/mol. The summed E-state index contributed by atoms with van der Waals surface area (Å²) in [6, 6.07) is 2.58. The maximum absolute atomic E-state index is 13.3. The lowest BCUT2D eigenvalue weighted by Crippen LogP contribution is -2.59. The number of aliphatic hydroxyl groups excluding tert-OH is 1. The van der Waals surface area contributed by atoms with Crippen molar-refractivity contribution in [1.82, 2.24) is 9.80 Å². The third kappa shape index (κ3) is 5.45. The van der Waals surface area contributed by atoms with Crippen molar-refractivity contribution in [1.29, 1.82) is 0 Å². The number of β-amino-alcohol motifs (C(OH)–C–C–N with tert-alkyl or cyclic N) is 1. The molecule has 11 heteroatoms. The second kappa shape index (κ2) is 10.4. The molecule has 1 aromatic rings. The molecule has 0 aromatic heterocycles. The van der Waals surface area contributed by atoms with Crippen LogP contribution in [0.25, 0.3) is 0 Å². The van der Waals surface area contributed by atoms with Gasteiger partial charge in [0.25, 0.3) is 0 Å². The zero-order valence-corrected chi connectivity index (χ0v) is 21.3. The highest BCUT2D eigenvalue weighted by Gasteiger charge is 2.51. The van der Waals surface area contributed by atoms with E-state index < -0.39 is 28.9 Å². The van der Waals surface area contributed by atoms with Crippen molar-refractivity contribution < 1.29 is 32.6 Å². The summed E-state index contributed by atoms with van der Waals surface area (Å²) in [4.78, 5) is 31.3. The second-order valence-electron chi connectivity index (χ2n) is 10.2. The van der Waals surface area contributed by atoms with Crippen LogP contribution in [0.15, 0.2) is 18.2 Å². The highest BCUT2D eigenvalue weighted by Crippen LogP contribution is 2.53. The standard InChI is InChI=1S/C25H33ClF3N3O4/c1-16-23(35)32(12-11-31(16)17-3-5-19(20(26)13-17)25(27,28)29)18(15-36-2)4-6-22(34)30-10-9-24(7-8-24)21(33)14-30/h3,5,13,16,18,21,33H,4,6-12,14-15H2,1-2H3/t16-,18-,21+/m0/s1. The van der Waals surface area contributed by atoms with E-state index in [1.165, 1.54) is 12.1 Å². The molecule has 2 saturated heterocycles. The van der Waals surface area contributed by atoms with Crippen LogP contribution < -0.4 is 4.90 Å². The normalized spacial score (nSPS) is 24.9. The molecule has 1 aliphatic carbocycles. The number of nitrogens with zero attached hydrogens (tertiary/aromatic N) is 3. The summed E-state index contributed by atoms with van der Waals surface area (Å²) >= 11 is 5.89. The molecule has 2 amide bonds. The van der Waals surface area contributed by atoms with Gasteiger partial charge in [-0.3, -0.25) is 9.59 Å². The lowest BCUT2D eigenvalue weighted by molar-refractivity contribution is -0.140. The van der Waals surface area contributed by atoms with Crippen LogP contribution in [0.1, 0.15) is 44.6 Å². The molecular weight excluding hydrogens is 499 g/mol. The van der Waals surface area contributed by atoms with Crippen molar-refractivity contribution >= 4 is 29.1 Å². The highest BCUT2D eigenvalue weighted by atomic mass is 35.5. The van der Waals surface area contributed by atoms with Crippen molar-refractivity contribution in [2.24, 2.45) is 5.41 Å². The number of piperazine rings is 1. The Morgan fingerprint density at radius 3 is 2.56 bits per heavy atom. The molecule has 2 heterocycles. The molecule has 36 heavy (non-hydrogen) atoms. The first-order valence-electron chi connectivity index (χ1n) is 12.4. The topological polar surface area (TPSA) is 73.3 Å². The van der Waals surface area contributed by atoms with Crippen LogP contribution in [-0.2, 0) is 20.5 Å². The first-order chi connectivity index (χ1) is 17.0. The van der Waals surface area contributed by atoms with E-state index in [-0.39, 0.29) is 36.3 Å². The first kappa shape index (κ1) is 27.0. The van der Waals surface area contributed by atoms with Gasteiger partial charge >= 0.3 is 6.18 Å². The molecule has 1 aromatic carbocycles. The van der Waals surface area contributed by atoms with Gasteiger partial charge in [0.2, 0.25) is 11.8 Å². The molecular formula is C25H33ClF3N3O4. The molecule has 1 spiro atoms.